The topological polar surface area (TPSA) is 31.6 Å². The van der Waals surface area contributed by atoms with Crippen molar-refractivity contribution in [1.82, 2.24) is 9.97 Å². The van der Waals surface area contributed by atoms with Gasteiger partial charge in [-0.25, -0.2) is 0 Å². The highest BCUT2D eigenvalue weighted by molar-refractivity contribution is 7.79. The molecule has 0 saturated heterocycles. The molecule has 0 radical (unpaired) electrons. The lowest BCUT2D eigenvalue weighted by Gasteiger charge is -1.93. The first kappa shape index (κ1) is 16.6. The number of nitrogens with one attached hydrogen (secondary N) is 2. The molecule has 2 aromatic carbocycles. The van der Waals surface area contributed by atoms with Crippen LogP contribution in [0.25, 0.3) is 21.8 Å². The lowest BCUT2D eigenvalue weighted by atomic mass is 10.1. The van der Waals surface area contributed by atoms with Gasteiger partial charge in [0, 0.05) is 56.1 Å². The molecule has 0 aliphatic rings. The van der Waals surface area contributed by atoms with E-state index in [1.807, 2.05) is 12.4 Å². The first-order valence-electron chi connectivity index (χ1n) is 7.68. The van der Waals surface area contributed by atoms with Gasteiger partial charge >= 0.3 is 0 Å². The van der Waals surface area contributed by atoms with E-state index in [4.69, 9.17) is 24.4 Å². The van der Waals surface area contributed by atoms with Gasteiger partial charge in [0.25, 0.3) is 0 Å². The van der Waals surface area contributed by atoms with E-state index in [2.05, 4.69) is 60.2 Å². The van der Waals surface area contributed by atoms with E-state index in [9.17, 15) is 0 Å². The molecule has 0 spiro atoms. The molecule has 120 valence electrons. The van der Waals surface area contributed by atoms with E-state index < -0.39 is 0 Å². The Kier molecular flexibility index (Phi) is 4.88. The number of hydrogen-bond acceptors (Lipinski definition) is 2. The molecule has 0 saturated carbocycles. The van der Waals surface area contributed by atoms with Crippen LogP contribution >= 0.6 is 24.4 Å². The van der Waals surface area contributed by atoms with Crippen molar-refractivity contribution in [3.8, 4) is 0 Å². The van der Waals surface area contributed by atoms with Gasteiger partial charge in [-0.1, -0.05) is 47.7 Å². The number of benzene rings is 2. The number of thiocarbonyl (C=S) groups is 2. The van der Waals surface area contributed by atoms with E-state index >= 15 is 0 Å². The summed E-state index contributed by atoms with van der Waals surface area (Å²) < 4.78 is 0. The summed E-state index contributed by atoms with van der Waals surface area (Å²) in [7, 11) is 0. The summed E-state index contributed by atoms with van der Waals surface area (Å²) in [6.07, 6.45) is 3.88. The second-order valence-electron chi connectivity index (χ2n) is 5.82. The number of rotatable bonds is 2. The number of hydrogen-bond donors (Lipinski definition) is 2. The average molecular weight is 351 g/mol. The van der Waals surface area contributed by atoms with Crippen molar-refractivity contribution in [3.05, 3.63) is 71.0 Å². The fourth-order valence-electron chi connectivity index (χ4n) is 2.71. The van der Waals surface area contributed by atoms with Gasteiger partial charge in [0.15, 0.2) is 0 Å². The first-order valence-corrected chi connectivity index (χ1v) is 8.62. The van der Waals surface area contributed by atoms with Crippen LogP contribution in [0.3, 0.4) is 0 Å². The quantitative estimate of drug-likeness (QED) is 0.458. The average Bonchev–Trinajstić information content (AvgIpc) is 3.17. The number of aromatic nitrogens is 2. The zero-order chi connectivity index (χ0) is 17.1. The van der Waals surface area contributed by atoms with Gasteiger partial charge in [0.05, 0.1) is 0 Å². The van der Waals surface area contributed by atoms with Crippen LogP contribution in [-0.4, -0.2) is 20.7 Å². The Balaban J connectivity index is 0.000000141. The van der Waals surface area contributed by atoms with Gasteiger partial charge in [0.1, 0.15) is 0 Å². The number of aryl methyl sites for hydroxylation is 2. The van der Waals surface area contributed by atoms with E-state index in [0.717, 1.165) is 22.2 Å². The van der Waals surface area contributed by atoms with Gasteiger partial charge in [-0.3, -0.25) is 0 Å². The Labute approximate surface area is 151 Å². The predicted molar refractivity (Wildman–Crippen MR) is 112 cm³/mol. The van der Waals surface area contributed by atoms with Crippen LogP contribution in [0.4, 0.5) is 0 Å². The molecule has 4 heteroatoms. The van der Waals surface area contributed by atoms with Crippen molar-refractivity contribution in [2.45, 2.75) is 13.8 Å². The highest BCUT2D eigenvalue weighted by Crippen LogP contribution is 2.18. The van der Waals surface area contributed by atoms with Crippen molar-refractivity contribution in [2.75, 3.05) is 0 Å². The van der Waals surface area contributed by atoms with Gasteiger partial charge < -0.3 is 9.97 Å². The van der Waals surface area contributed by atoms with Crippen molar-refractivity contribution in [1.29, 1.82) is 0 Å². The largest absolute Gasteiger partial charge is 0.361 e. The second-order valence-corrected chi connectivity index (χ2v) is 6.29. The fraction of sp³-hybridized carbons (Fsp3) is 0.100. The molecule has 0 atom stereocenters. The Morgan fingerprint density at radius 1 is 0.708 bits per heavy atom. The molecule has 0 unspecified atom stereocenters. The van der Waals surface area contributed by atoms with Crippen molar-refractivity contribution in [2.24, 2.45) is 0 Å². The van der Waals surface area contributed by atoms with Crippen molar-refractivity contribution >= 4 is 57.0 Å². The lowest BCUT2D eigenvalue weighted by Crippen LogP contribution is -1.75. The molecule has 2 nitrogen and oxygen atoms in total. The third-order valence-electron chi connectivity index (χ3n) is 3.99. The molecular formula is C20H18N2S2. The maximum absolute atomic E-state index is 4.90. The van der Waals surface area contributed by atoms with Gasteiger partial charge in [-0.15, -0.1) is 0 Å². The van der Waals surface area contributed by atoms with E-state index in [-0.39, 0.29) is 0 Å². The summed E-state index contributed by atoms with van der Waals surface area (Å²) in [6, 6.07) is 12.6. The highest BCUT2D eigenvalue weighted by Gasteiger charge is 2.00. The molecule has 0 bridgehead atoms. The summed E-state index contributed by atoms with van der Waals surface area (Å²) in [5, 5.41) is 5.84. The molecule has 2 N–H and O–H groups in total. The predicted octanol–water partition coefficient (Wildman–Crippen LogP) is 5.65. The molecule has 0 amide bonds. The maximum Gasteiger partial charge on any atom is 0.0460 e. The summed E-state index contributed by atoms with van der Waals surface area (Å²) >= 11 is 9.80. The van der Waals surface area contributed by atoms with Crippen molar-refractivity contribution < 1.29 is 0 Å². The molecule has 4 rings (SSSR count). The van der Waals surface area contributed by atoms with E-state index in [1.54, 1.807) is 10.7 Å². The SMILES string of the molecule is Cc1ccc2[nH]cc(C=S)c2c1.Cc1ccc2[nH]cc(C=S)c2c1. The van der Waals surface area contributed by atoms with E-state index in [0.29, 0.717) is 0 Å². The minimum atomic E-state index is 1.10. The molecule has 2 aromatic heterocycles. The third-order valence-corrected chi connectivity index (χ3v) is 4.50. The van der Waals surface area contributed by atoms with Gasteiger partial charge in [-0.2, -0.15) is 0 Å². The summed E-state index contributed by atoms with van der Waals surface area (Å²) in [4.78, 5) is 6.34. The number of aromatic amines is 2. The molecule has 0 aliphatic heterocycles. The summed E-state index contributed by atoms with van der Waals surface area (Å²) in [5.41, 5.74) is 7.03. The highest BCUT2D eigenvalue weighted by atomic mass is 32.1. The van der Waals surface area contributed by atoms with Crippen LogP contribution in [0.5, 0.6) is 0 Å². The monoisotopic (exact) mass is 350 g/mol. The van der Waals surface area contributed by atoms with Crippen LogP contribution in [0.2, 0.25) is 0 Å². The van der Waals surface area contributed by atoms with Crippen molar-refractivity contribution in [3.63, 3.8) is 0 Å². The minimum absolute atomic E-state index is 1.10. The van der Waals surface area contributed by atoms with Crippen LogP contribution in [0, 0.1) is 13.8 Å². The zero-order valence-electron chi connectivity index (χ0n) is 13.6. The van der Waals surface area contributed by atoms with Gasteiger partial charge in [0.2, 0.25) is 0 Å². The van der Waals surface area contributed by atoms with E-state index in [1.165, 1.54) is 21.9 Å². The minimum Gasteiger partial charge on any atom is -0.361 e. The maximum atomic E-state index is 4.90. The normalized spacial score (nSPS) is 10.4. The second kappa shape index (κ2) is 7.07. The van der Waals surface area contributed by atoms with Crippen LogP contribution in [0.1, 0.15) is 22.3 Å². The fourth-order valence-corrected chi connectivity index (χ4v) is 3.10. The Morgan fingerprint density at radius 2 is 1.12 bits per heavy atom. The first-order chi connectivity index (χ1) is 11.6. The zero-order valence-corrected chi connectivity index (χ0v) is 15.2. The molecule has 4 aromatic rings. The Bertz CT molecular complexity index is 941. The summed E-state index contributed by atoms with van der Waals surface area (Å²) in [5.74, 6) is 0. The Hall–Kier alpha value is -2.30. The lowest BCUT2D eigenvalue weighted by molar-refractivity contribution is 1.46. The smallest absolute Gasteiger partial charge is 0.0460 e. The molecule has 0 aliphatic carbocycles. The van der Waals surface area contributed by atoms with Crippen LogP contribution < -0.4 is 0 Å². The molecule has 0 fully saturated rings. The molecular weight excluding hydrogens is 332 g/mol. The van der Waals surface area contributed by atoms with Gasteiger partial charge in [-0.05, 0) is 38.1 Å². The van der Waals surface area contributed by atoms with Crippen LogP contribution in [-0.2, 0) is 0 Å². The third kappa shape index (κ3) is 3.30. The standard InChI is InChI=1S/2C10H9NS/c2*1-7-2-3-10-9(4-7)8(6-12)5-11-10/h2*2-6,11H,1H3. The molecule has 24 heavy (non-hydrogen) atoms. The molecule has 2 heterocycles. The van der Waals surface area contributed by atoms with Crippen LogP contribution in [0.15, 0.2) is 48.8 Å². The number of H-pyrrole nitrogens is 2. The summed E-state index contributed by atoms with van der Waals surface area (Å²) in [6.45, 7) is 4.17. The Morgan fingerprint density at radius 3 is 1.50 bits per heavy atom. The number of fused-ring (bicyclic) bond motifs is 2.